The lowest BCUT2D eigenvalue weighted by atomic mass is 9.88. The van der Waals surface area contributed by atoms with Gasteiger partial charge in [-0.1, -0.05) is 37.5 Å². The number of hydrogen-bond acceptors (Lipinski definition) is 5. The second kappa shape index (κ2) is 8.21. The summed E-state index contributed by atoms with van der Waals surface area (Å²) in [5, 5.41) is 8.46. The van der Waals surface area contributed by atoms with Crippen LogP contribution in [0.2, 0.25) is 0 Å². The third-order valence-corrected chi connectivity index (χ3v) is 5.95. The van der Waals surface area contributed by atoms with Crippen molar-refractivity contribution in [2.75, 3.05) is 26.2 Å². The fourth-order valence-electron chi connectivity index (χ4n) is 4.19. The average Bonchev–Trinajstić information content (AvgIpc) is 3.24. The minimum absolute atomic E-state index is 0.0573. The van der Waals surface area contributed by atoms with Crippen LogP contribution < -0.4 is 0 Å². The standard InChI is InChI=1S/C21H28N4O2/c1-16(19-22-23-20(27-19)17-8-4-2-5-9-17)24-12-14-25(15-13-24)21(26)18-10-6-3-7-11-18/h2,4-5,8-9,16,18H,3,6-7,10-15H2,1H3. The maximum atomic E-state index is 12.7. The summed E-state index contributed by atoms with van der Waals surface area (Å²) < 4.78 is 5.91. The molecule has 1 atom stereocenters. The highest BCUT2D eigenvalue weighted by Gasteiger charge is 2.31. The molecule has 4 rings (SSSR count). The van der Waals surface area contributed by atoms with E-state index in [0.29, 0.717) is 17.7 Å². The SMILES string of the molecule is CC(c1nnc(-c2ccccc2)o1)N1CCN(C(=O)C2CCCCC2)CC1. The number of piperazine rings is 1. The Bertz CT molecular complexity index is 747. The predicted octanol–water partition coefficient (Wildman–Crippen LogP) is 3.52. The quantitative estimate of drug-likeness (QED) is 0.826. The molecule has 1 aliphatic heterocycles. The second-order valence-electron chi connectivity index (χ2n) is 7.68. The van der Waals surface area contributed by atoms with Gasteiger partial charge in [0.15, 0.2) is 0 Å². The molecule has 144 valence electrons. The molecule has 1 aromatic heterocycles. The Hall–Kier alpha value is -2.21. The Morgan fingerprint density at radius 2 is 1.74 bits per heavy atom. The Morgan fingerprint density at radius 1 is 1.04 bits per heavy atom. The summed E-state index contributed by atoms with van der Waals surface area (Å²) in [6.45, 7) is 5.38. The van der Waals surface area contributed by atoms with Gasteiger partial charge in [0.05, 0.1) is 6.04 Å². The zero-order chi connectivity index (χ0) is 18.6. The molecule has 0 bridgehead atoms. The van der Waals surface area contributed by atoms with E-state index >= 15 is 0 Å². The minimum atomic E-state index is 0.0573. The second-order valence-corrected chi connectivity index (χ2v) is 7.68. The molecule has 1 aliphatic carbocycles. The molecule has 2 aromatic rings. The average molecular weight is 368 g/mol. The summed E-state index contributed by atoms with van der Waals surface area (Å²) in [5.74, 6) is 1.82. The molecule has 2 heterocycles. The Kier molecular flexibility index (Phi) is 5.53. The first-order valence-electron chi connectivity index (χ1n) is 10.1. The highest BCUT2D eigenvalue weighted by Crippen LogP contribution is 2.28. The molecule has 1 saturated heterocycles. The fourth-order valence-corrected chi connectivity index (χ4v) is 4.19. The van der Waals surface area contributed by atoms with Gasteiger partial charge in [0.1, 0.15) is 0 Å². The van der Waals surface area contributed by atoms with Gasteiger partial charge in [-0.2, -0.15) is 0 Å². The minimum Gasteiger partial charge on any atom is -0.419 e. The van der Waals surface area contributed by atoms with Crippen molar-refractivity contribution in [1.29, 1.82) is 0 Å². The first-order valence-corrected chi connectivity index (χ1v) is 10.1. The van der Waals surface area contributed by atoms with Crippen LogP contribution in [0.5, 0.6) is 0 Å². The van der Waals surface area contributed by atoms with E-state index < -0.39 is 0 Å². The molecular weight excluding hydrogens is 340 g/mol. The molecule has 27 heavy (non-hydrogen) atoms. The van der Waals surface area contributed by atoms with Gasteiger partial charge in [0.2, 0.25) is 17.7 Å². The maximum absolute atomic E-state index is 12.7. The summed E-state index contributed by atoms with van der Waals surface area (Å²) in [7, 11) is 0. The van der Waals surface area contributed by atoms with Crippen molar-refractivity contribution in [3.05, 3.63) is 36.2 Å². The van der Waals surface area contributed by atoms with Crippen LogP contribution in [-0.4, -0.2) is 52.1 Å². The maximum Gasteiger partial charge on any atom is 0.247 e. The van der Waals surface area contributed by atoms with Crippen LogP contribution in [0.4, 0.5) is 0 Å². The van der Waals surface area contributed by atoms with E-state index in [0.717, 1.165) is 44.6 Å². The summed E-state index contributed by atoms with van der Waals surface area (Å²) in [6, 6.07) is 9.89. The van der Waals surface area contributed by atoms with Crippen LogP contribution >= 0.6 is 0 Å². The van der Waals surface area contributed by atoms with Crippen LogP contribution in [0.1, 0.15) is 51.0 Å². The Balaban J connectivity index is 1.34. The molecule has 0 radical (unpaired) electrons. The summed E-state index contributed by atoms with van der Waals surface area (Å²) >= 11 is 0. The van der Waals surface area contributed by atoms with Gasteiger partial charge >= 0.3 is 0 Å². The van der Waals surface area contributed by atoms with Gasteiger partial charge in [-0.15, -0.1) is 10.2 Å². The lowest BCUT2D eigenvalue weighted by Crippen LogP contribution is -2.51. The van der Waals surface area contributed by atoms with E-state index in [1.807, 2.05) is 30.3 Å². The van der Waals surface area contributed by atoms with Crippen molar-refractivity contribution >= 4 is 5.91 Å². The highest BCUT2D eigenvalue weighted by atomic mass is 16.4. The molecule has 1 unspecified atom stereocenters. The number of carbonyl (C=O) groups excluding carboxylic acids is 1. The summed E-state index contributed by atoms with van der Waals surface area (Å²) in [5.41, 5.74) is 0.936. The van der Waals surface area contributed by atoms with Gasteiger partial charge in [-0.3, -0.25) is 9.69 Å². The van der Waals surface area contributed by atoms with Gasteiger partial charge in [0, 0.05) is 37.7 Å². The number of amides is 1. The fraction of sp³-hybridized carbons (Fsp3) is 0.571. The Morgan fingerprint density at radius 3 is 2.44 bits per heavy atom. The predicted molar refractivity (Wildman–Crippen MR) is 103 cm³/mol. The largest absolute Gasteiger partial charge is 0.419 e. The number of nitrogens with zero attached hydrogens (tertiary/aromatic N) is 4. The van der Waals surface area contributed by atoms with Gasteiger partial charge < -0.3 is 9.32 Å². The van der Waals surface area contributed by atoms with Gasteiger partial charge in [-0.05, 0) is 31.9 Å². The molecule has 2 aliphatic rings. The van der Waals surface area contributed by atoms with Crippen molar-refractivity contribution < 1.29 is 9.21 Å². The smallest absolute Gasteiger partial charge is 0.247 e. The summed E-state index contributed by atoms with van der Waals surface area (Å²) in [6.07, 6.45) is 5.83. The molecule has 1 amide bonds. The van der Waals surface area contributed by atoms with Crippen molar-refractivity contribution in [3.63, 3.8) is 0 Å². The first-order chi connectivity index (χ1) is 13.2. The third kappa shape index (κ3) is 4.05. The normalized spacial score (nSPS) is 20.6. The van der Waals surface area contributed by atoms with Crippen LogP contribution in [0, 0.1) is 5.92 Å². The van der Waals surface area contributed by atoms with Crippen LogP contribution in [0.3, 0.4) is 0 Å². The van der Waals surface area contributed by atoms with E-state index in [1.165, 1.54) is 19.3 Å². The molecule has 2 fully saturated rings. The van der Waals surface area contributed by atoms with E-state index in [1.54, 1.807) is 0 Å². The zero-order valence-electron chi connectivity index (χ0n) is 16.0. The number of rotatable bonds is 4. The zero-order valence-corrected chi connectivity index (χ0v) is 16.0. The highest BCUT2D eigenvalue weighted by molar-refractivity contribution is 5.79. The van der Waals surface area contributed by atoms with E-state index in [2.05, 4.69) is 26.9 Å². The van der Waals surface area contributed by atoms with Gasteiger partial charge in [0.25, 0.3) is 0 Å². The van der Waals surface area contributed by atoms with Crippen molar-refractivity contribution in [2.45, 2.75) is 45.1 Å². The number of hydrogen-bond donors (Lipinski definition) is 0. The number of carbonyl (C=O) groups is 1. The molecule has 0 spiro atoms. The topological polar surface area (TPSA) is 62.5 Å². The van der Waals surface area contributed by atoms with E-state index in [4.69, 9.17) is 4.42 Å². The number of benzene rings is 1. The monoisotopic (exact) mass is 368 g/mol. The molecule has 6 heteroatoms. The molecule has 1 aromatic carbocycles. The van der Waals surface area contributed by atoms with E-state index in [9.17, 15) is 4.79 Å². The van der Waals surface area contributed by atoms with E-state index in [-0.39, 0.29) is 12.0 Å². The Labute approximate surface area is 160 Å². The lowest BCUT2D eigenvalue weighted by Gasteiger charge is -2.38. The molecular formula is C21H28N4O2. The number of aromatic nitrogens is 2. The van der Waals surface area contributed by atoms with Crippen molar-refractivity contribution in [1.82, 2.24) is 20.0 Å². The van der Waals surface area contributed by atoms with Crippen LogP contribution in [-0.2, 0) is 4.79 Å². The molecule has 1 saturated carbocycles. The van der Waals surface area contributed by atoms with Crippen LogP contribution in [0.25, 0.3) is 11.5 Å². The molecule has 0 N–H and O–H groups in total. The van der Waals surface area contributed by atoms with Gasteiger partial charge in [-0.25, -0.2) is 0 Å². The first kappa shape index (κ1) is 18.2. The summed E-state index contributed by atoms with van der Waals surface area (Å²) in [4.78, 5) is 17.1. The van der Waals surface area contributed by atoms with Crippen LogP contribution in [0.15, 0.2) is 34.7 Å². The van der Waals surface area contributed by atoms with Crippen molar-refractivity contribution in [2.24, 2.45) is 5.92 Å². The third-order valence-electron chi connectivity index (χ3n) is 5.95. The molecule has 6 nitrogen and oxygen atoms in total. The lowest BCUT2D eigenvalue weighted by molar-refractivity contribution is -0.138. The van der Waals surface area contributed by atoms with Crippen molar-refractivity contribution in [3.8, 4) is 11.5 Å².